The Balaban J connectivity index is 1.44. The summed E-state index contributed by atoms with van der Waals surface area (Å²) in [7, 11) is 0. The van der Waals surface area contributed by atoms with Gasteiger partial charge in [0.2, 0.25) is 12.7 Å². The average Bonchev–Trinajstić information content (AvgIpc) is 3.43. The monoisotopic (exact) mass is 440 g/mol. The first-order valence-corrected chi connectivity index (χ1v) is 10.6. The van der Waals surface area contributed by atoms with Gasteiger partial charge in [-0.1, -0.05) is 35.9 Å². The van der Waals surface area contributed by atoms with Gasteiger partial charge in [-0.3, -0.25) is 4.79 Å². The normalized spacial score (nSPS) is 16.4. The molecule has 33 heavy (non-hydrogen) atoms. The van der Waals surface area contributed by atoms with Crippen molar-refractivity contribution in [2.75, 3.05) is 12.1 Å². The van der Waals surface area contributed by atoms with Crippen molar-refractivity contribution in [1.29, 1.82) is 0 Å². The smallest absolute Gasteiger partial charge is 0.272 e. The molecule has 9 nitrogen and oxygen atoms in total. The van der Waals surface area contributed by atoms with Crippen LogP contribution < -0.4 is 14.8 Å². The second-order valence-electron chi connectivity index (χ2n) is 8.18. The third-order valence-corrected chi connectivity index (χ3v) is 5.99. The third kappa shape index (κ3) is 3.29. The molecule has 0 radical (unpaired) electrons. The summed E-state index contributed by atoms with van der Waals surface area (Å²) in [6.45, 7) is 4.16. The zero-order valence-corrected chi connectivity index (χ0v) is 18.1. The maximum absolute atomic E-state index is 12.7. The van der Waals surface area contributed by atoms with Crippen LogP contribution in [0, 0.1) is 13.8 Å². The van der Waals surface area contributed by atoms with E-state index in [0.717, 1.165) is 27.9 Å². The molecule has 0 spiro atoms. The first kappa shape index (κ1) is 19.4. The first-order chi connectivity index (χ1) is 16.1. The quantitative estimate of drug-likeness (QED) is 0.520. The van der Waals surface area contributed by atoms with Crippen molar-refractivity contribution in [2.24, 2.45) is 0 Å². The predicted octanol–water partition coefficient (Wildman–Crippen LogP) is 3.54. The van der Waals surface area contributed by atoms with E-state index < -0.39 is 0 Å². The lowest BCUT2D eigenvalue weighted by molar-refractivity contribution is -0.116. The number of amides is 1. The lowest BCUT2D eigenvalue weighted by Gasteiger charge is -2.24. The molecule has 2 aromatic heterocycles. The van der Waals surface area contributed by atoms with Crippen molar-refractivity contribution in [2.45, 2.75) is 26.2 Å². The molecule has 4 aromatic rings. The van der Waals surface area contributed by atoms with Crippen LogP contribution in [0.25, 0.3) is 17.2 Å². The lowest BCUT2D eigenvalue weighted by atomic mass is 9.85. The number of benzene rings is 2. The zero-order valence-electron chi connectivity index (χ0n) is 18.1. The molecule has 0 aliphatic carbocycles. The molecule has 6 rings (SSSR count). The Labute approximate surface area is 189 Å². The van der Waals surface area contributed by atoms with Gasteiger partial charge in [0.15, 0.2) is 11.5 Å². The number of anilines is 1. The minimum absolute atomic E-state index is 0.103. The summed E-state index contributed by atoms with van der Waals surface area (Å²) in [5, 5.41) is 16.0. The minimum Gasteiger partial charge on any atom is -0.454 e. The molecule has 0 bridgehead atoms. The highest BCUT2D eigenvalue weighted by Crippen LogP contribution is 2.43. The number of nitrogens with zero attached hydrogens (tertiary/aromatic N) is 5. The van der Waals surface area contributed by atoms with Gasteiger partial charge in [0.05, 0.1) is 17.6 Å². The minimum atomic E-state index is -0.176. The highest BCUT2D eigenvalue weighted by molar-refractivity contribution is 5.95. The number of aryl methyl sites for hydroxylation is 2. The molecule has 1 N–H and O–H groups in total. The van der Waals surface area contributed by atoms with Gasteiger partial charge >= 0.3 is 0 Å². The molecule has 2 aliphatic rings. The summed E-state index contributed by atoms with van der Waals surface area (Å²) < 4.78 is 12.5. The van der Waals surface area contributed by atoms with E-state index in [1.54, 1.807) is 10.9 Å². The molecule has 1 amide bonds. The topological polar surface area (TPSA) is 104 Å². The van der Waals surface area contributed by atoms with Gasteiger partial charge in [-0.05, 0) is 31.5 Å². The number of aromatic nitrogens is 5. The molecule has 2 aromatic carbocycles. The molecule has 0 saturated heterocycles. The summed E-state index contributed by atoms with van der Waals surface area (Å²) in [5.41, 5.74) is 5.45. The van der Waals surface area contributed by atoms with Crippen LogP contribution in [-0.4, -0.2) is 37.7 Å². The van der Waals surface area contributed by atoms with Crippen LogP contribution in [0.2, 0.25) is 0 Å². The number of hydrogen-bond acceptors (Lipinski definition) is 7. The summed E-state index contributed by atoms with van der Waals surface area (Å²) in [6.07, 6.45) is 1.92. The van der Waals surface area contributed by atoms with E-state index in [-0.39, 0.29) is 18.6 Å². The summed E-state index contributed by atoms with van der Waals surface area (Å²) in [5.74, 6) is 1.97. The Hall–Kier alpha value is -4.27. The van der Waals surface area contributed by atoms with E-state index in [1.807, 2.05) is 56.3 Å². The Morgan fingerprint density at radius 1 is 1.06 bits per heavy atom. The SMILES string of the molecule is Cc1ccc(-c2cnnc(-n3nc(C)c4c3NC(=O)C[C@H]4c3ccc4c(c3)OCO4)n2)cc1. The summed E-state index contributed by atoms with van der Waals surface area (Å²) in [6, 6.07) is 13.8. The average molecular weight is 440 g/mol. The number of carbonyl (C=O) groups excluding carboxylic acids is 1. The fourth-order valence-electron chi connectivity index (χ4n) is 4.35. The van der Waals surface area contributed by atoms with Crippen LogP contribution in [0.4, 0.5) is 5.82 Å². The maximum Gasteiger partial charge on any atom is 0.272 e. The molecule has 9 heteroatoms. The van der Waals surface area contributed by atoms with Crippen molar-refractivity contribution in [3.05, 3.63) is 71.0 Å². The van der Waals surface area contributed by atoms with Gasteiger partial charge in [-0.2, -0.15) is 14.9 Å². The van der Waals surface area contributed by atoms with Crippen molar-refractivity contribution in [3.63, 3.8) is 0 Å². The van der Waals surface area contributed by atoms with Crippen LogP contribution in [0.3, 0.4) is 0 Å². The van der Waals surface area contributed by atoms with Gasteiger partial charge in [0.1, 0.15) is 5.82 Å². The number of rotatable bonds is 3. The third-order valence-electron chi connectivity index (χ3n) is 5.99. The fourth-order valence-corrected chi connectivity index (χ4v) is 4.35. The number of carbonyl (C=O) groups is 1. The van der Waals surface area contributed by atoms with E-state index in [9.17, 15) is 4.79 Å². The largest absolute Gasteiger partial charge is 0.454 e. The number of hydrogen-bond donors (Lipinski definition) is 1. The molecule has 0 saturated carbocycles. The molecule has 164 valence electrons. The first-order valence-electron chi connectivity index (χ1n) is 10.6. The summed E-state index contributed by atoms with van der Waals surface area (Å²) in [4.78, 5) is 17.4. The van der Waals surface area contributed by atoms with E-state index in [2.05, 4.69) is 25.6 Å². The Morgan fingerprint density at radius 2 is 1.88 bits per heavy atom. The van der Waals surface area contributed by atoms with Gasteiger partial charge in [-0.25, -0.2) is 4.98 Å². The molecular formula is C24H20N6O3. The maximum atomic E-state index is 12.7. The zero-order chi connectivity index (χ0) is 22.5. The van der Waals surface area contributed by atoms with Crippen LogP contribution >= 0.6 is 0 Å². The summed E-state index contributed by atoms with van der Waals surface area (Å²) >= 11 is 0. The molecule has 4 heterocycles. The van der Waals surface area contributed by atoms with Gasteiger partial charge in [-0.15, -0.1) is 5.10 Å². The van der Waals surface area contributed by atoms with Crippen molar-refractivity contribution < 1.29 is 14.3 Å². The molecule has 0 unspecified atom stereocenters. The van der Waals surface area contributed by atoms with Gasteiger partial charge in [0.25, 0.3) is 5.95 Å². The van der Waals surface area contributed by atoms with Crippen molar-refractivity contribution >= 4 is 11.7 Å². The number of ether oxygens (including phenoxy) is 2. The van der Waals surface area contributed by atoms with Crippen LogP contribution in [0.15, 0.2) is 48.7 Å². The lowest BCUT2D eigenvalue weighted by Crippen LogP contribution is -2.25. The van der Waals surface area contributed by atoms with Crippen LogP contribution in [-0.2, 0) is 4.79 Å². The van der Waals surface area contributed by atoms with E-state index in [4.69, 9.17) is 9.47 Å². The Bertz CT molecular complexity index is 1400. The Morgan fingerprint density at radius 3 is 2.73 bits per heavy atom. The van der Waals surface area contributed by atoms with E-state index in [0.29, 0.717) is 35.4 Å². The van der Waals surface area contributed by atoms with Gasteiger partial charge in [0, 0.05) is 23.5 Å². The second-order valence-corrected chi connectivity index (χ2v) is 8.18. The Kier molecular flexibility index (Phi) is 4.36. The molecule has 2 aliphatic heterocycles. The molecular weight excluding hydrogens is 420 g/mol. The highest BCUT2D eigenvalue weighted by Gasteiger charge is 2.34. The molecule has 1 atom stereocenters. The highest BCUT2D eigenvalue weighted by atomic mass is 16.7. The number of fused-ring (bicyclic) bond motifs is 2. The van der Waals surface area contributed by atoms with E-state index >= 15 is 0 Å². The predicted molar refractivity (Wildman–Crippen MR) is 120 cm³/mol. The number of nitrogens with one attached hydrogen (secondary N) is 1. The van der Waals surface area contributed by atoms with Crippen LogP contribution in [0.5, 0.6) is 11.5 Å². The van der Waals surface area contributed by atoms with E-state index in [1.165, 1.54) is 0 Å². The van der Waals surface area contributed by atoms with Crippen molar-refractivity contribution in [3.8, 4) is 28.7 Å². The van der Waals surface area contributed by atoms with Crippen molar-refractivity contribution in [1.82, 2.24) is 25.0 Å². The standard InChI is InChI=1S/C24H20N6O3/c1-13-3-5-15(6-4-13)18-11-25-28-24(26-18)30-23-22(14(2)29-30)17(10-21(31)27-23)16-7-8-19-20(9-16)33-12-32-19/h3-9,11,17H,10,12H2,1-2H3,(H,27,31)/t17-/m0/s1. The second kappa shape index (κ2) is 7.40. The fraction of sp³-hybridized carbons (Fsp3) is 0.208. The van der Waals surface area contributed by atoms with Gasteiger partial charge < -0.3 is 14.8 Å². The van der Waals surface area contributed by atoms with Crippen LogP contribution in [0.1, 0.15) is 34.7 Å². The molecule has 0 fully saturated rings.